The highest BCUT2D eigenvalue weighted by Crippen LogP contribution is 2.23. The summed E-state index contributed by atoms with van der Waals surface area (Å²) in [5.74, 6) is -0.711. The fourth-order valence-electron chi connectivity index (χ4n) is 4.15. The van der Waals surface area contributed by atoms with E-state index in [1.807, 2.05) is 32.0 Å². The Balaban J connectivity index is 1.66. The second kappa shape index (κ2) is 13.7. The van der Waals surface area contributed by atoms with Crippen molar-refractivity contribution in [2.24, 2.45) is 5.92 Å². The Bertz CT molecular complexity index is 1140. The van der Waals surface area contributed by atoms with Gasteiger partial charge in [0.15, 0.2) is 5.82 Å². The van der Waals surface area contributed by atoms with E-state index in [4.69, 9.17) is 9.47 Å². The Labute approximate surface area is 232 Å². The maximum atomic E-state index is 13.3. The van der Waals surface area contributed by atoms with Crippen LogP contribution in [0.15, 0.2) is 30.3 Å². The van der Waals surface area contributed by atoms with Crippen LogP contribution < -0.4 is 20.7 Å². The minimum atomic E-state index is -0.908. The van der Waals surface area contributed by atoms with Gasteiger partial charge in [0.1, 0.15) is 29.5 Å². The van der Waals surface area contributed by atoms with Gasteiger partial charge in [-0.15, -0.1) is 10.2 Å². The molecule has 1 saturated heterocycles. The van der Waals surface area contributed by atoms with E-state index in [0.29, 0.717) is 18.0 Å². The number of alkyl carbamates (subject to hydrolysis) is 1. The molecule has 14 heteroatoms. The summed E-state index contributed by atoms with van der Waals surface area (Å²) >= 11 is 0. The lowest BCUT2D eigenvalue weighted by atomic mass is 9.98. The van der Waals surface area contributed by atoms with Gasteiger partial charge in [0, 0.05) is 6.42 Å². The molecule has 218 valence electrons. The summed E-state index contributed by atoms with van der Waals surface area (Å²) < 4.78 is 11.3. The molecule has 1 aliphatic heterocycles. The van der Waals surface area contributed by atoms with Crippen LogP contribution in [0.5, 0.6) is 5.75 Å². The number of aromatic nitrogens is 4. The quantitative estimate of drug-likeness (QED) is 0.312. The number of benzene rings is 1. The smallest absolute Gasteiger partial charge is 0.408 e. The first-order valence-corrected chi connectivity index (χ1v) is 13.2. The second-order valence-electron chi connectivity index (χ2n) is 10.6. The van der Waals surface area contributed by atoms with Crippen molar-refractivity contribution < 1.29 is 28.7 Å². The molecule has 1 aliphatic rings. The Morgan fingerprint density at radius 1 is 1.15 bits per heavy atom. The molecule has 0 spiro atoms. The monoisotopic (exact) mass is 558 g/mol. The fourth-order valence-corrected chi connectivity index (χ4v) is 4.15. The maximum Gasteiger partial charge on any atom is 0.408 e. The number of carbonyl (C=O) groups excluding carboxylic acids is 4. The molecule has 4 N–H and O–H groups in total. The molecular formula is C26H38N8O6. The predicted molar refractivity (Wildman–Crippen MR) is 143 cm³/mol. The van der Waals surface area contributed by atoms with Crippen molar-refractivity contribution in [3.8, 4) is 5.75 Å². The zero-order valence-electron chi connectivity index (χ0n) is 23.5. The topological polar surface area (TPSA) is 181 Å². The molecule has 1 aromatic carbocycles. The van der Waals surface area contributed by atoms with E-state index < -0.39 is 47.6 Å². The lowest BCUT2D eigenvalue weighted by Gasteiger charge is -2.27. The van der Waals surface area contributed by atoms with Crippen molar-refractivity contribution in [2.45, 2.75) is 77.8 Å². The van der Waals surface area contributed by atoms with E-state index in [1.165, 1.54) is 4.90 Å². The third kappa shape index (κ3) is 8.92. The molecule has 0 bridgehead atoms. The van der Waals surface area contributed by atoms with Gasteiger partial charge in [-0.25, -0.2) is 4.79 Å². The highest BCUT2D eigenvalue weighted by atomic mass is 16.6. The molecule has 40 heavy (non-hydrogen) atoms. The Morgan fingerprint density at radius 2 is 1.88 bits per heavy atom. The van der Waals surface area contributed by atoms with E-state index in [2.05, 4.69) is 36.6 Å². The van der Waals surface area contributed by atoms with Crippen molar-refractivity contribution in [1.82, 2.24) is 41.5 Å². The van der Waals surface area contributed by atoms with Crippen LogP contribution in [0.1, 0.15) is 53.3 Å². The summed E-state index contributed by atoms with van der Waals surface area (Å²) in [6.07, 6.45) is -0.306. The minimum Gasteiger partial charge on any atom is -0.488 e. The normalized spacial score (nSPS) is 18.4. The average molecular weight is 559 g/mol. The number of tetrazole rings is 1. The number of likely N-dealkylation sites (tertiary alicyclic amines) is 1. The summed E-state index contributed by atoms with van der Waals surface area (Å²) in [7, 11) is 0. The third-order valence-corrected chi connectivity index (χ3v) is 6.32. The first-order chi connectivity index (χ1) is 19.0. The summed E-state index contributed by atoms with van der Waals surface area (Å²) in [5.41, 5.74) is -0.732. The summed E-state index contributed by atoms with van der Waals surface area (Å²) in [6, 6.07) is 7.36. The summed E-state index contributed by atoms with van der Waals surface area (Å²) in [5, 5.41) is 21.3. The van der Waals surface area contributed by atoms with Gasteiger partial charge in [0.2, 0.25) is 17.7 Å². The standard InChI is InChI=1S/C26H38N8O6/c1-6-16(2)22(29-25(38)40-26(3,4)5)24(37)28-14-21(35)34-15-18(39-17-10-8-7-9-11-17)12-19(34)23(36)27-13-20-30-32-33-31-20/h7-11,16,18-19,22H,6,12-15H2,1-5H3,(H,27,36)(H,28,37)(H,29,38)(H,30,31,32,33)/t16-,18-,19-,22-/m0/s1. The highest BCUT2D eigenvalue weighted by Gasteiger charge is 2.41. The van der Waals surface area contributed by atoms with E-state index in [1.54, 1.807) is 32.9 Å². The maximum absolute atomic E-state index is 13.3. The number of nitrogens with zero attached hydrogens (tertiary/aromatic N) is 4. The number of H-pyrrole nitrogens is 1. The highest BCUT2D eigenvalue weighted by molar-refractivity contribution is 5.92. The Morgan fingerprint density at radius 3 is 2.50 bits per heavy atom. The molecule has 0 aliphatic carbocycles. The first-order valence-electron chi connectivity index (χ1n) is 13.2. The number of carbonyl (C=O) groups is 4. The van der Waals surface area contributed by atoms with Crippen LogP contribution in [0, 0.1) is 5.92 Å². The van der Waals surface area contributed by atoms with Gasteiger partial charge in [-0.1, -0.05) is 43.7 Å². The molecule has 2 aromatic rings. The first kappa shape index (κ1) is 30.3. The van der Waals surface area contributed by atoms with Crippen LogP contribution in [0.3, 0.4) is 0 Å². The largest absolute Gasteiger partial charge is 0.488 e. The van der Waals surface area contributed by atoms with Crippen molar-refractivity contribution in [2.75, 3.05) is 13.1 Å². The zero-order valence-corrected chi connectivity index (χ0v) is 23.5. The molecule has 4 atom stereocenters. The number of para-hydroxylation sites is 1. The number of nitrogens with one attached hydrogen (secondary N) is 4. The van der Waals surface area contributed by atoms with Crippen LogP contribution >= 0.6 is 0 Å². The minimum absolute atomic E-state index is 0.0295. The van der Waals surface area contributed by atoms with Crippen LogP contribution in [-0.4, -0.2) is 86.2 Å². The van der Waals surface area contributed by atoms with Crippen LogP contribution in [0.2, 0.25) is 0 Å². The van der Waals surface area contributed by atoms with E-state index >= 15 is 0 Å². The fraction of sp³-hybridized carbons (Fsp3) is 0.577. The lowest BCUT2D eigenvalue weighted by molar-refractivity contribution is -0.139. The Kier molecular flexibility index (Phi) is 10.4. The summed E-state index contributed by atoms with van der Waals surface area (Å²) in [6.45, 7) is 8.70. The van der Waals surface area contributed by atoms with Gasteiger partial charge in [-0.05, 0) is 38.8 Å². The molecule has 4 amide bonds. The van der Waals surface area contributed by atoms with Gasteiger partial charge in [-0.3, -0.25) is 14.4 Å². The van der Waals surface area contributed by atoms with E-state index in [-0.39, 0.29) is 32.0 Å². The van der Waals surface area contributed by atoms with Gasteiger partial charge in [0.05, 0.1) is 19.6 Å². The van der Waals surface area contributed by atoms with Crippen molar-refractivity contribution in [1.29, 1.82) is 0 Å². The van der Waals surface area contributed by atoms with E-state index in [0.717, 1.165) is 0 Å². The van der Waals surface area contributed by atoms with E-state index in [9.17, 15) is 19.2 Å². The van der Waals surface area contributed by atoms with Crippen molar-refractivity contribution in [3.05, 3.63) is 36.2 Å². The molecule has 2 heterocycles. The van der Waals surface area contributed by atoms with Crippen molar-refractivity contribution >= 4 is 23.8 Å². The molecule has 0 unspecified atom stereocenters. The van der Waals surface area contributed by atoms with Crippen molar-refractivity contribution in [3.63, 3.8) is 0 Å². The van der Waals surface area contributed by atoms with Gasteiger partial charge in [-0.2, -0.15) is 5.21 Å². The number of amides is 4. The van der Waals surface area contributed by atoms with Crippen LogP contribution in [0.4, 0.5) is 4.79 Å². The number of hydrogen-bond acceptors (Lipinski definition) is 9. The van der Waals surface area contributed by atoms with Crippen LogP contribution in [0.25, 0.3) is 0 Å². The Hall–Kier alpha value is -4.23. The number of rotatable bonds is 11. The molecule has 3 rings (SSSR count). The average Bonchev–Trinajstić information content (AvgIpc) is 3.58. The number of hydrogen-bond donors (Lipinski definition) is 4. The molecule has 0 radical (unpaired) electrons. The lowest BCUT2D eigenvalue weighted by Crippen LogP contribution is -2.54. The second-order valence-corrected chi connectivity index (χ2v) is 10.6. The van der Waals surface area contributed by atoms with Gasteiger partial charge < -0.3 is 30.3 Å². The molecular weight excluding hydrogens is 520 g/mol. The van der Waals surface area contributed by atoms with Gasteiger partial charge in [0.25, 0.3) is 0 Å². The summed E-state index contributed by atoms with van der Waals surface area (Å²) in [4.78, 5) is 53.1. The zero-order chi connectivity index (χ0) is 29.3. The number of aromatic amines is 1. The SMILES string of the molecule is CC[C@H](C)[C@H](NC(=O)OC(C)(C)C)C(=O)NCC(=O)N1C[C@@H](Oc2ccccc2)C[C@H]1C(=O)NCc1nn[nH]n1. The molecule has 1 aromatic heterocycles. The van der Waals surface area contributed by atoms with Crippen LogP contribution in [-0.2, 0) is 25.7 Å². The van der Waals surface area contributed by atoms with Gasteiger partial charge >= 0.3 is 6.09 Å². The number of ether oxygens (including phenoxy) is 2. The molecule has 0 saturated carbocycles. The predicted octanol–water partition coefficient (Wildman–Crippen LogP) is 0.920. The molecule has 14 nitrogen and oxygen atoms in total. The molecule has 1 fully saturated rings. The third-order valence-electron chi connectivity index (χ3n) is 6.32.